The Hall–Kier alpha value is -0.800. The van der Waals surface area contributed by atoms with Crippen molar-refractivity contribution in [1.29, 1.82) is 0 Å². The molecule has 76 valence electrons. The third-order valence-corrected chi connectivity index (χ3v) is 3.06. The van der Waals surface area contributed by atoms with Crippen LogP contribution in [0.25, 0.3) is 0 Å². The minimum Gasteiger partial charge on any atom is -0.334 e. The van der Waals surface area contributed by atoms with Gasteiger partial charge in [-0.1, -0.05) is 18.2 Å². The van der Waals surface area contributed by atoms with E-state index in [1.807, 2.05) is 19.1 Å². The fourth-order valence-corrected chi connectivity index (χ4v) is 2.20. The van der Waals surface area contributed by atoms with Crippen molar-refractivity contribution in [2.45, 2.75) is 13.5 Å². The molecule has 1 rings (SSSR count). The lowest BCUT2D eigenvalue weighted by Gasteiger charge is -2.17. The largest absolute Gasteiger partial charge is 0.334 e. The molecule has 1 aromatic heterocycles. The zero-order valence-electron chi connectivity index (χ0n) is 8.00. The van der Waals surface area contributed by atoms with E-state index in [4.69, 9.17) is 11.6 Å². The Morgan fingerprint density at radius 3 is 2.86 bits per heavy atom. The summed E-state index contributed by atoms with van der Waals surface area (Å²) in [6.07, 6.45) is 1.33. The third kappa shape index (κ3) is 2.86. The molecule has 0 saturated carbocycles. The quantitative estimate of drug-likeness (QED) is 0.727. The van der Waals surface area contributed by atoms with Crippen LogP contribution in [0.4, 0.5) is 0 Å². The minimum atomic E-state index is -0.0444. The van der Waals surface area contributed by atoms with Gasteiger partial charge < -0.3 is 4.90 Å². The van der Waals surface area contributed by atoms with Crippen LogP contribution in [0.2, 0.25) is 4.34 Å². The molecule has 0 aliphatic heterocycles. The molecule has 1 heterocycles. The summed E-state index contributed by atoms with van der Waals surface area (Å²) in [5.41, 5.74) is 0. The molecule has 14 heavy (non-hydrogen) atoms. The number of hydrogen-bond donors (Lipinski definition) is 0. The van der Waals surface area contributed by atoms with Crippen LogP contribution in [-0.4, -0.2) is 17.4 Å². The van der Waals surface area contributed by atoms with Crippen molar-refractivity contribution in [1.82, 2.24) is 4.90 Å². The second-order valence-corrected chi connectivity index (χ2v) is 4.56. The van der Waals surface area contributed by atoms with Gasteiger partial charge in [-0.05, 0) is 25.1 Å². The van der Waals surface area contributed by atoms with Crippen molar-refractivity contribution in [2.24, 2.45) is 0 Å². The first-order chi connectivity index (χ1) is 6.67. The topological polar surface area (TPSA) is 20.3 Å². The first-order valence-corrected chi connectivity index (χ1v) is 5.52. The molecule has 0 aromatic carbocycles. The van der Waals surface area contributed by atoms with Gasteiger partial charge in [0.15, 0.2) is 0 Å². The summed E-state index contributed by atoms with van der Waals surface area (Å²) in [6, 6.07) is 3.78. The lowest BCUT2D eigenvalue weighted by molar-refractivity contribution is -0.126. The van der Waals surface area contributed by atoms with Crippen LogP contribution in [0.3, 0.4) is 0 Å². The molecule has 0 saturated heterocycles. The average Bonchev–Trinajstić information content (AvgIpc) is 2.59. The Morgan fingerprint density at radius 2 is 2.43 bits per heavy atom. The van der Waals surface area contributed by atoms with Crippen molar-refractivity contribution in [3.05, 3.63) is 34.0 Å². The SMILES string of the molecule is C=CC(=O)N(CC)Cc1ccc(Cl)s1. The standard InChI is InChI=1S/C10H12ClNOS/c1-3-10(13)12(4-2)7-8-5-6-9(11)14-8/h3,5-6H,1,4,7H2,2H3. The molecule has 0 radical (unpaired) electrons. The molecule has 0 aliphatic rings. The van der Waals surface area contributed by atoms with Crippen molar-refractivity contribution in [2.75, 3.05) is 6.54 Å². The number of nitrogens with zero attached hydrogens (tertiary/aromatic N) is 1. The number of thiophene rings is 1. The molecule has 0 N–H and O–H groups in total. The fourth-order valence-electron chi connectivity index (χ4n) is 1.10. The molecular formula is C10H12ClNOS. The van der Waals surface area contributed by atoms with Gasteiger partial charge in [0.05, 0.1) is 10.9 Å². The molecule has 0 aliphatic carbocycles. The summed E-state index contributed by atoms with van der Waals surface area (Å²) in [5.74, 6) is -0.0444. The Morgan fingerprint density at radius 1 is 1.71 bits per heavy atom. The van der Waals surface area contributed by atoms with Crippen LogP contribution >= 0.6 is 22.9 Å². The van der Waals surface area contributed by atoms with Gasteiger partial charge >= 0.3 is 0 Å². The van der Waals surface area contributed by atoms with Gasteiger partial charge in [0.1, 0.15) is 0 Å². The van der Waals surface area contributed by atoms with E-state index in [1.54, 1.807) is 4.90 Å². The molecule has 1 aromatic rings. The smallest absolute Gasteiger partial charge is 0.246 e. The predicted molar refractivity (Wildman–Crippen MR) is 60.6 cm³/mol. The maximum absolute atomic E-state index is 11.3. The summed E-state index contributed by atoms with van der Waals surface area (Å²) in [7, 11) is 0. The van der Waals surface area contributed by atoms with Gasteiger partial charge in [0, 0.05) is 11.4 Å². The Bertz CT molecular complexity index is 335. The fraction of sp³-hybridized carbons (Fsp3) is 0.300. The summed E-state index contributed by atoms with van der Waals surface area (Å²) in [6.45, 7) is 6.69. The van der Waals surface area contributed by atoms with Gasteiger partial charge in [-0.25, -0.2) is 0 Å². The van der Waals surface area contributed by atoms with Gasteiger partial charge in [-0.2, -0.15) is 0 Å². The highest BCUT2D eigenvalue weighted by molar-refractivity contribution is 7.16. The van der Waals surface area contributed by atoms with Crippen molar-refractivity contribution in [3.8, 4) is 0 Å². The van der Waals surface area contributed by atoms with Crippen LogP contribution in [0.15, 0.2) is 24.8 Å². The molecule has 4 heteroatoms. The lowest BCUT2D eigenvalue weighted by atomic mass is 10.4. The molecule has 1 amide bonds. The molecule has 0 spiro atoms. The number of likely N-dealkylation sites (N-methyl/N-ethyl adjacent to an activating group) is 1. The second-order valence-electron chi connectivity index (χ2n) is 2.76. The first-order valence-electron chi connectivity index (χ1n) is 4.33. The molecule has 2 nitrogen and oxygen atoms in total. The van der Waals surface area contributed by atoms with Crippen LogP contribution < -0.4 is 0 Å². The Labute approximate surface area is 92.8 Å². The summed E-state index contributed by atoms with van der Waals surface area (Å²) in [5, 5.41) is 0. The zero-order chi connectivity index (χ0) is 10.6. The van der Waals surface area contributed by atoms with Crippen LogP contribution in [0.5, 0.6) is 0 Å². The van der Waals surface area contributed by atoms with E-state index in [0.717, 1.165) is 9.21 Å². The Kier molecular flexibility index (Phi) is 4.17. The van der Waals surface area contributed by atoms with E-state index in [0.29, 0.717) is 13.1 Å². The van der Waals surface area contributed by atoms with E-state index in [2.05, 4.69) is 6.58 Å². The van der Waals surface area contributed by atoms with E-state index in [-0.39, 0.29) is 5.91 Å². The minimum absolute atomic E-state index is 0.0444. The summed E-state index contributed by atoms with van der Waals surface area (Å²) >= 11 is 7.29. The maximum Gasteiger partial charge on any atom is 0.246 e. The lowest BCUT2D eigenvalue weighted by Crippen LogP contribution is -2.27. The van der Waals surface area contributed by atoms with E-state index in [9.17, 15) is 4.79 Å². The maximum atomic E-state index is 11.3. The molecule has 0 bridgehead atoms. The number of hydrogen-bond acceptors (Lipinski definition) is 2. The average molecular weight is 230 g/mol. The van der Waals surface area contributed by atoms with Crippen LogP contribution in [0, 0.1) is 0 Å². The zero-order valence-corrected chi connectivity index (χ0v) is 9.57. The molecule has 0 atom stereocenters. The molecular weight excluding hydrogens is 218 g/mol. The van der Waals surface area contributed by atoms with Crippen LogP contribution in [0.1, 0.15) is 11.8 Å². The number of halogens is 1. The predicted octanol–water partition coefficient (Wildman–Crippen LogP) is 2.94. The number of rotatable bonds is 4. The Balaban J connectivity index is 2.65. The van der Waals surface area contributed by atoms with E-state index < -0.39 is 0 Å². The number of carbonyl (C=O) groups excluding carboxylic acids is 1. The van der Waals surface area contributed by atoms with Gasteiger partial charge in [0.2, 0.25) is 5.91 Å². The third-order valence-electron chi connectivity index (χ3n) is 1.84. The van der Waals surface area contributed by atoms with E-state index in [1.165, 1.54) is 17.4 Å². The van der Waals surface area contributed by atoms with E-state index >= 15 is 0 Å². The van der Waals surface area contributed by atoms with Gasteiger partial charge in [-0.3, -0.25) is 4.79 Å². The van der Waals surface area contributed by atoms with Crippen molar-refractivity contribution in [3.63, 3.8) is 0 Å². The highest BCUT2D eigenvalue weighted by atomic mass is 35.5. The number of amides is 1. The highest BCUT2D eigenvalue weighted by Crippen LogP contribution is 2.22. The van der Waals surface area contributed by atoms with Gasteiger partial charge in [-0.15, -0.1) is 11.3 Å². The number of carbonyl (C=O) groups is 1. The molecule has 0 fully saturated rings. The monoisotopic (exact) mass is 229 g/mol. The molecule has 0 unspecified atom stereocenters. The highest BCUT2D eigenvalue weighted by Gasteiger charge is 2.09. The summed E-state index contributed by atoms with van der Waals surface area (Å²) < 4.78 is 0.752. The normalized spacial score (nSPS) is 9.86. The van der Waals surface area contributed by atoms with Gasteiger partial charge in [0.25, 0.3) is 0 Å². The van der Waals surface area contributed by atoms with Crippen molar-refractivity contribution < 1.29 is 4.79 Å². The van der Waals surface area contributed by atoms with Crippen LogP contribution in [-0.2, 0) is 11.3 Å². The van der Waals surface area contributed by atoms with Crippen molar-refractivity contribution >= 4 is 28.8 Å². The summed E-state index contributed by atoms with van der Waals surface area (Å²) in [4.78, 5) is 14.1. The second kappa shape index (κ2) is 5.17. The first kappa shape index (κ1) is 11.3.